The number of nitrogens with one attached hydrogen (secondary N) is 1. The Bertz CT molecular complexity index is 731. The SMILES string of the molecule is COc1cc2c(c(OC)c1)C[C@H](O)[C@H](c1ccc(O)c(O)c1)N2. The Balaban J connectivity index is 2.00. The van der Waals surface area contributed by atoms with Crippen LogP contribution in [0, 0.1) is 0 Å². The van der Waals surface area contributed by atoms with Gasteiger partial charge in [0, 0.05) is 29.8 Å². The minimum atomic E-state index is -0.700. The van der Waals surface area contributed by atoms with Crippen LogP contribution < -0.4 is 14.8 Å². The van der Waals surface area contributed by atoms with Gasteiger partial charge in [-0.3, -0.25) is 0 Å². The van der Waals surface area contributed by atoms with Crippen LogP contribution in [0.5, 0.6) is 23.0 Å². The summed E-state index contributed by atoms with van der Waals surface area (Å²) in [6.07, 6.45) is -0.296. The molecule has 6 heteroatoms. The summed E-state index contributed by atoms with van der Waals surface area (Å²) in [5, 5.41) is 32.9. The zero-order valence-electron chi connectivity index (χ0n) is 12.9. The van der Waals surface area contributed by atoms with Gasteiger partial charge in [-0.2, -0.15) is 0 Å². The molecule has 0 aromatic heterocycles. The topological polar surface area (TPSA) is 91.2 Å². The van der Waals surface area contributed by atoms with Gasteiger partial charge in [0.1, 0.15) is 11.5 Å². The lowest BCUT2D eigenvalue weighted by Gasteiger charge is -2.33. The number of rotatable bonds is 3. The molecule has 1 aliphatic heterocycles. The first-order valence-electron chi connectivity index (χ1n) is 7.25. The lowest BCUT2D eigenvalue weighted by molar-refractivity contribution is 0.147. The maximum atomic E-state index is 10.5. The van der Waals surface area contributed by atoms with Crippen LogP contribution in [0.2, 0.25) is 0 Å². The van der Waals surface area contributed by atoms with Crippen molar-refractivity contribution >= 4 is 5.69 Å². The molecule has 2 atom stereocenters. The van der Waals surface area contributed by atoms with Crippen LogP contribution >= 0.6 is 0 Å². The third kappa shape index (κ3) is 2.73. The number of phenols is 2. The van der Waals surface area contributed by atoms with Gasteiger partial charge in [-0.25, -0.2) is 0 Å². The maximum absolute atomic E-state index is 10.5. The summed E-state index contributed by atoms with van der Waals surface area (Å²) in [5.74, 6) is 0.892. The van der Waals surface area contributed by atoms with Crippen molar-refractivity contribution < 1.29 is 24.8 Å². The first-order valence-corrected chi connectivity index (χ1v) is 7.25. The lowest BCUT2D eigenvalue weighted by Crippen LogP contribution is -2.32. The molecule has 0 saturated heterocycles. The highest BCUT2D eigenvalue weighted by atomic mass is 16.5. The number of benzene rings is 2. The molecule has 1 aliphatic rings. The van der Waals surface area contributed by atoms with Gasteiger partial charge in [-0.05, 0) is 17.7 Å². The molecule has 0 saturated carbocycles. The zero-order chi connectivity index (χ0) is 16.6. The molecule has 6 nitrogen and oxygen atoms in total. The van der Waals surface area contributed by atoms with E-state index in [0.29, 0.717) is 23.5 Å². The molecular weight excluding hydrogens is 298 g/mol. The Hall–Kier alpha value is -2.60. The smallest absolute Gasteiger partial charge is 0.157 e. The summed E-state index contributed by atoms with van der Waals surface area (Å²) in [7, 11) is 3.15. The Morgan fingerprint density at radius 2 is 1.83 bits per heavy atom. The molecular formula is C17H19NO5. The fraction of sp³-hybridized carbons (Fsp3) is 0.294. The molecule has 2 aromatic carbocycles. The van der Waals surface area contributed by atoms with Crippen molar-refractivity contribution in [2.24, 2.45) is 0 Å². The van der Waals surface area contributed by atoms with E-state index in [1.165, 1.54) is 12.1 Å². The molecule has 23 heavy (non-hydrogen) atoms. The second-order valence-electron chi connectivity index (χ2n) is 5.50. The molecule has 0 radical (unpaired) electrons. The number of hydrogen-bond donors (Lipinski definition) is 4. The van der Waals surface area contributed by atoms with Crippen LogP contribution in [0.15, 0.2) is 30.3 Å². The number of hydrogen-bond acceptors (Lipinski definition) is 6. The normalized spacial score (nSPS) is 19.6. The fourth-order valence-electron chi connectivity index (χ4n) is 2.89. The number of methoxy groups -OCH3 is 2. The summed E-state index contributed by atoms with van der Waals surface area (Å²) in [5.41, 5.74) is 2.37. The van der Waals surface area contributed by atoms with E-state index in [2.05, 4.69) is 5.32 Å². The first-order chi connectivity index (χ1) is 11.0. The largest absolute Gasteiger partial charge is 0.504 e. The van der Waals surface area contributed by atoms with E-state index in [-0.39, 0.29) is 11.5 Å². The number of phenolic OH excluding ortho intramolecular Hbond substituents is 2. The van der Waals surface area contributed by atoms with Crippen LogP contribution in [0.1, 0.15) is 17.2 Å². The van der Waals surface area contributed by atoms with Crippen LogP contribution in [0.4, 0.5) is 5.69 Å². The van der Waals surface area contributed by atoms with Crippen molar-refractivity contribution in [2.45, 2.75) is 18.6 Å². The molecule has 1 heterocycles. The standard InChI is InChI=1S/C17H19NO5/c1-22-10-6-12-11(16(7-10)23-2)8-15(21)17(18-12)9-3-4-13(19)14(20)5-9/h3-7,15,17-21H,8H2,1-2H3/t15-,17-/m0/s1. The average molecular weight is 317 g/mol. The summed E-state index contributed by atoms with van der Waals surface area (Å²) < 4.78 is 10.6. The lowest BCUT2D eigenvalue weighted by atomic mass is 9.90. The van der Waals surface area contributed by atoms with Crippen molar-refractivity contribution in [3.63, 3.8) is 0 Å². The molecule has 0 spiro atoms. The maximum Gasteiger partial charge on any atom is 0.157 e. The molecule has 0 fully saturated rings. The highest BCUT2D eigenvalue weighted by Crippen LogP contribution is 2.41. The van der Waals surface area contributed by atoms with E-state index >= 15 is 0 Å². The predicted octanol–water partition coefficient (Wildman–Crippen LogP) is 2.19. The number of ether oxygens (including phenoxy) is 2. The number of aromatic hydroxyl groups is 2. The van der Waals surface area contributed by atoms with Crippen LogP contribution in [0.25, 0.3) is 0 Å². The Kier molecular flexibility index (Phi) is 3.92. The van der Waals surface area contributed by atoms with Gasteiger partial charge >= 0.3 is 0 Å². The quantitative estimate of drug-likeness (QED) is 0.649. The van der Waals surface area contributed by atoms with Gasteiger partial charge < -0.3 is 30.1 Å². The van der Waals surface area contributed by atoms with Gasteiger partial charge in [0.2, 0.25) is 0 Å². The van der Waals surface area contributed by atoms with Crippen molar-refractivity contribution in [2.75, 3.05) is 19.5 Å². The van der Waals surface area contributed by atoms with Crippen molar-refractivity contribution in [3.05, 3.63) is 41.5 Å². The van der Waals surface area contributed by atoms with E-state index in [0.717, 1.165) is 11.3 Å². The summed E-state index contributed by atoms with van der Waals surface area (Å²) in [4.78, 5) is 0. The second-order valence-corrected chi connectivity index (χ2v) is 5.50. The zero-order valence-corrected chi connectivity index (χ0v) is 12.9. The Morgan fingerprint density at radius 3 is 2.48 bits per heavy atom. The summed E-state index contributed by atoms with van der Waals surface area (Å²) in [6, 6.07) is 7.72. The molecule has 0 amide bonds. The van der Waals surface area contributed by atoms with Crippen molar-refractivity contribution in [1.82, 2.24) is 0 Å². The Morgan fingerprint density at radius 1 is 1.04 bits per heavy atom. The first kappa shape index (κ1) is 15.3. The molecule has 4 N–H and O–H groups in total. The van der Waals surface area contributed by atoms with Crippen LogP contribution in [-0.2, 0) is 6.42 Å². The third-order valence-electron chi connectivity index (χ3n) is 4.11. The predicted molar refractivity (Wildman–Crippen MR) is 85.4 cm³/mol. The molecule has 2 aromatic rings. The van der Waals surface area contributed by atoms with Gasteiger partial charge in [0.25, 0.3) is 0 Å². The van der Waals surface area contributed by atoms with E-state index in [1.54, 1.807) is 26.4 Å². The van der Waals surface area contributed by atoms with E-state index in [9.17, 15) is 15.3 Å². The monoisotopic (exact) mass is 317 g/mol. The van der Waals surface area contributed by atoms with Crippen molar-refractivity contribution in [1.29, 1.82) is 0 Å². The number of anilines is 1. The van der Waals surface area contributed by atoms with Crippen LogP contribution in [-0.4, -0.2) is 35.6 Å². The molecule has 0 unspecified atom stereocenters. The highest BCUT2D eigenvalue weighted by Gasteiger charge is 2.30. The van der Waals surface area contributed by atoms with E-state index in [1.807, 2.05) is 6.07 Å². The average Bonchev–Trinajstić information content (AvgIpc) is 2.56. The van der Waals surface area contributed by atoms with Gasteiger partial charge in [-0.15, -0.1) is 0 Å². The minimum Gasteiger partial charge on any atom is -0.504 e. The highest BCUT2D eigenvalue weighted by molar-refractivity contribution is 5.65. The molecule has 0 aliphatic carbocycles. The minimum absolute atomic E-state index is 0.192. The van der Waals surface area contributed by atoms with E-state index in [4.69, 9.17) is 9.47 Å². The summed E-state index contributed by atoms with van der Waals surface area (Å²) >= 11 is 0. The van der Waals surface area contributed by atoms with E-state index < -0.39 is 12.1 Å². The second kappa shape index (κ2) is 5.89. The van der Waals surface area contributed by atoms with Gasteiger partial charge in [-0.1, -0.05) is 6.07 Å². The van der Waals surface area contributed by atoms with Crippen molar-refractivity contribution in [3.8, 4) is 23.0 Å². The van der Waals surface area contributed by atoms with Gasteiger partial charge in [0.05, 0.1) is 26.4 Å². The molecule has 122 valence electrons. The number of fused-ring (bicyclic) bond motifs is 1. The third-order valence-corrected chi connectivity index (χ3v) is 4.11. The number of aliphatic hydroxyl groups excluding tert-OH is 1. The van der Waals surface area contributed by atoms with Gasteiger partial charge in [0.15, 0.2) is 11.5 Å². The fourth-order valence-corrected chi connectivity index (χ4v) is 2.89. The number of aliphatic hydroxyl groups is 1. The summed E-state index contributed by atoms with van der Waals surface area (Å²) in [6.45, 7) is 0. The van der Waals surface area contributed by atoms with Crippen LogP contribution in [0.3, 0.4) is 0 Å². The molecule has 0 bridgehead atoms. The molecule has 3 rings (SSSR count). The Labute approximate surface area is 133 Å².